The molecule has 2 aromatic heterocycles. The molecule has 3 unspecified atom stereocenters. The average molecular weight is 1850 g/mol. The molecule has 0 spiro atoms. The highest BCUT2D eigenvalue weighted by molar-refractivity contribution is 8.00. The summed E-state index contributed by atoms with van der Waals surface area (Å²) in [6, 6.07) is 7.29. The van der Waals surface area contributed by atoms with Gasteiger partial charge in [-0.2, -0.15) is 0 Å². The number of primary amides is 1. The molecule has 0 radical (unpaired) electrons. The summed E-state index contributed by atoms with van der Waals surface area (Å²) >= 11 is 0.892. The van der Waals surface area contributed by atoms with Gasteiger partial charge in [0.25, 0.3) is 0 Å². The van der Waals surface area contributed by atoms with E-state index in [2.05, 4.69) is 57.5 Å². The number of nitrogens with two attached hydrogens (primary N) is 2. The normalized spacial score (nSPS) is 24.0. The minimum atomic E-state index is -1.81. The summed E-state index contributed by atoms with van der Waals surface area (Å²) in [6.45, 7) is 8.25. The lowest BCUT2D eigenvalue weighted by Gasteiger charge is -2.36. The number of Topliss-reactive ketones (excluding diaryl/α,β-unsaturated/α-hetero) is 4. The van der Waals surface area contributed by atoms with Crippen molar-refractivity contribution in [2.45, 2.75) is 243 Å². The lowest BCUT2D eigenvalue weighted by atomic mass is 9.90. The number of hydrogen-bond acceptors (Lipinski definition) is 21. The molecule has 37 nitrogen and oxygen atoms in total. The van der Waals surface area contributed by atoms with Gasteiger partial charge in [0.15, 0.2) is 23.3 Å². The van der Waals surface area contributed by atoms with Crippen molar-refractivity contribution < 1.29 is 86.6 Å². The highest BCUT2D eigenvalue weighted by Crippen LogP contribution is 2.32. The van der Waals surface area contributed by atoms with Crippen LogP contribution < -0.4 is 54.0 Å². The molecule has 2 saturated heterocycles. The molecule has 8 rings (SSSR count). The van der Waals surface area contributed by atoms with Crippen LogP contribution in [0.2, 0.25) is 0 Å². The summed E-state index contributed by atoms with van der Waals surface area (Å²) in [4.78, 5) is 266. The number of allylic oxidation sites excluding steroid dienone is 1. The molecular weight excluding hydrogens is 1720 g/mol. The van der Waals surface area contributed by atoms with Gasteiger partial charge in [-0.05, 0) is 105 Å². The first-order valence-electron chi connectivity index (χ1n) is 45.3. The van der Waals surface area contributed by atoms with Crippen LogP contribution in [0, 0.1) is 23.2 Å². The quantitative estimate of drug-likeness (QED) is 0.0204. The Kier molecular flexibility index (Phi) is 40.8. The Hall–Kier alpha value is -12.5. The number of aromatic nitrogens is 3. The van der Waals surface area contributed by atoms with Crippen molar-refractivity contribution in [3.63, 3.8) is 0 Å². The number of H-pyrrole nitrogens is 2. The summed E-state index contributed by atoms with van der Waals surface area (Å²) in [7, 11) is 5.41. The van der Waals surface area contributed by atoms with E-state index in [0.717, 1.165) is 32.7 Å². The molecule has 16 N–H and O–H groups in total. The van der Waals surface area contributed by atoms with Gasteiger partial charge in [0.05, 0.1) is 55.7 Å². The van der Waals surface area contributed by atoms with E-state index in [0.29, 0.717) is 65.4 Å². The molecule has 2 fully saturated rings. The van der Waals surface area contributed by atoms with Gasteiger partial charge in [0.1, 0.15) is 54.1 Å². The average Bonchev–Trinajstić information content (AvgIpc) is 1.48. The number of carbonyl (C=O) groups excluding carboxylic acids is 17. The van der Waals surface area contributed by atoms with Crippen LogP contribution >= 0.6 is 11.8 Å². The van der Waals surface area contributed by atoms with Crippen LogP contribution in [0.15, 0.2) is 104 Å². The number of fused-ring (bicyclic) bond motifs is 3. The van der Waals surface area contributed by atoms with Gasteiger partial charge < -0.3 is 98.4 Å². The number of aliphatic hydroxyl groups excluding tert-OH is 1. The van der Waals surface area contributed by atoms with Crippen LogP contribution in [0.5, 0.6) is 0 Å². The molecule has 13 atom stereocenters. The first kappa shape index (κ1) is 105. The van der Waals surface area contributed by atoms with E-state index in [-0.39, 0.29) is 120 Å². The number of aliphatic hydroxyl groups is 1. The van der Waals surface area contributed by atoms with E-state index >= 15 is 28.8 Å². The van der Waals surface area contributed by atoms with Crippen LogP contribution in [0.1, 0.15) is 179 Å². The number of imidazole rings is 1. The van der Waals surface area contributed by atoms with Gasteiger partial charge >= 0.3 is 0 Å². The Morgan fingerprint density at radius 2 is 1.23 bits per heavy atom. The Morgan fingerprint density at radius 1 is 0.614 bits per heavy atom. The zero-order valence-electron chi connectivity index (χ0n) is 77.1. The number of thioether (sulfide) groups is 1. The molecule has 13 amide bonds. The summed E-state index contributed by atoms with van der Waals surface area (Å²) in [6.07, 6.45) is 6.29. The number of para-hydroxylation sites is 1. The van der Waals surface area contributed by atoms with Crippen molar-refractivity contribution in [3.8, 4) is 0 Å². The van der Waals surface area contributed by atoms with Crippen molar-refractivity contribution in [1.82, 2.24) is 82.0 Å². The molecule has 3 aliphatic rings. The summed E-state index contributed by atoms with van der Waals surface area (Å²) in [5.74, 6) is -17.0. The highest BCUT2D eigenvalue weighted by atomic mass is 32.2. The van der Waals surface area contributed by atoms with E-state index in [1.54, 1.807) is 80.7 Å². The standard InChI is InChI=1S/C94H131N19O18S/c1-11-13-31-75-79(117)45-61(27-22-38-99-94(96)97)85(123)108-74(78(116)37-34-56(5)115)52-132-53-83(121)103-70(41-58-24-16-15-17-25-58)90(128)110(8)57(6)84(122)104-72(47-81(95)119)92(130)113-39-23-33-76(113)80(118)46-62(42-64-49-98-54-101-64)86(124)105-69(40-55(3)4)89(127)109(7)50-82(120)102-68(43-60-36-35-59-26-18-19-28-65(59)60)87(125)107-73(51-114)88(126)106-71(44-63-48-100-67-30-21-20-29-66(63)67)91(129)112(10)77(32-14-12-2)93(131)111(75)9/h15-21,24-26,28-30,36,48-49,54-55,57,61-62,68-77,100,114H,11-14,22-23,27,31-35,37-47,50-53H2,1-10H3,(H2,95,119)(H,98,101)(H,102,120)(H,103,121)(H,104,122)(H,105,124)(H,106,126)(H,107,125)(H,108,123)(H4,96,97,99)/t57-,61?,62+,68-,69-,70?,71-,72-,73-,74-,75-,76?,77-/m0/s1. The van der Waals surface area contributed by atoms with Crippen molar-refractivity contribution in [2.75, 3.05) is 65.9 Å². The molecule has 132 heavy (non-hydrogen) atoms. The third-order valence-electron chi connectivity index (χ3n) is 24.4. The lowest BCUT2D eigenvalue weighted by molar-refractivity contribution is -0.149. The number of guanidine groups is 1. The summed E-state index contributed by atoms with van der Waals surface area (Å²) < 4.78 is 0. The minimum Gasteiger partial charge on any atom is -0.394 e. The monoisotopic (exact) mass is 1850 g/mol. The number of unbranched alkanes of at least 4 members (excludes halogenated alkanes) is 2. The predicted molar refractivity (Wildman–Crippen MR) is 495 cm³/mol. The third-order valence-corrected chi connectivity index (χ3v) is 25.4. The maximum atomic E-state index is 15.7. The zero-order valence-corrected chi connectivity index (χ0v) is 77.9. The van der Waals surface area contributed by atoms with Crippen LogP contribution in [-0.2, 0) is 107 Å². The highest BCUT2D eigenvalue weighted by Gasteiger charge is 2.44. The molecule has 0 saturated carbocycles. The molecule has 4 heterocycles. The number of nitrogens with zero attached hydrogens (tertiary/aromatic N) is 6. The van der Waals surface area contributed by atoms with E-state index < -0.39 is 211 Å². The van der Waals surface area contributed by atoms with Gasteiger partial charge in [-0.1, -0.05) is 132 Å². The molecule has 38 heteroatoms. The smallest absolute Gasteiger partial charge is 0.246 e. The Labute approximate surface area is 773 Å². The molecule has 5 aromatic rings. The second-order valence-corrected chi connectivity index (χ2v) is 36.0. The Bertz CT molecular complexity index is 4950. The Morgan fingerprint density at radius 3 is 1.91 bits per heavy atom. The number of carbonyl (C=O) groups is 17. The maximum Gasteiger partial charge on any atom is 0.246 e. The number of ketones is 4. The van der Waals surface area contributed by atoms with Crippen molar-refractivity contribution in [3.05, 3.63) is 132 Å². The molecule has 2 aliphatic heterocycles. The molecule has 3 aromatic carbocycles. The second-order valence-electron chi connectivity index (χ2n) is 35.0. The maximum absolute atomic E-state index is 15.7. The van der Waals surface area contributed by atoms with Gasteiger partial charge in [-0.15, -0.1) is 11.8 Å². The number of likely N-dealkylation sites (N-methyl/N-ethyl adjacent to an activating group) is 4. The predicted octanol–water partition coefficient (Wildman–Crippen LogP) is 2.69. The lowest BCUT2D eigenvalue weighted by Crippen LogP contribution is -2.60. The topological polar surface area (TPSA) is 543 Å². The van der Waals surface area contributed by atoms with Crippen LogP contribution in [0.4, 0.5) is 0 Å². The first-order chi connectivity index (χ1) is 62.9. The SMILES string of the molecule is CCCC[C@H]1C(=O)N(C)[C@@H](CCCC)C(=O)CC(CCCNC(=N)N)C(=O)N[C@H](C(=O)CCC(C)=O)CSCC(=O)NC(Cc2ccccc2)C(=O)N(C)[C@@H](C)C(=O)N[C@@H](CC(N)=O)C(=O)N2CCCC2C(=O)C[C@@H](Cc2cnc[nH]2)C(=O)N[C@@H](CC(C)C)C(=O)N(C)CC(=O)N[C@@H](CC2=CCc3ccccc32)C(=O)N[C@@H](CO)C(=O)N[C@@H](Cc2c[nH]c3ccccc23)C(=O)N1C. The van der Waals surface area contributed by atoms with Crippen molar-refractivity contribution in [1.29, 1.82) is 5.41 Å². The fraction of sp³-hybridized carbons (Fsp3) is 0.543. The van der Waals surface area contributed by atoms with Gasteiger partial charge in [-0.3, -0.25) is 82.1 Å². The van der Waals surface area contributed by atoms with Gasteiger partial charge in [0, 0.05) is 133 Å². The second kappa shape index (κ2) is 51.4. The molecular formula is C94H131N19O18S. The minimum absolute atomic E-state index is 0.0158. The van der Waals surface area contributed by atoms with Crippen LogP contribution in [-0.4, -0.2) is 283 Å². The van der Waals surface area contributed by atoms with E-state index in [1.807, 2.05) is 38.1 Å². The zero-order chi connectivity index (χ0) is 96.6. The molecule has 716 valence electrons. The van der Waals surface area contributed by atoms with Crippen LogP contribution in [0.25, 0.3) is 16.5 Å². The fourth-order valence-electron chi connectivity index (χ4n) is 16.8. The number of amides is 13. The van der Waals surface area contributed by atoms with E-state index in [4.69, 9.17) is 16.9 Å². The third kappa shape index (κ3) is 30.6. The number of rotatable bonds is 27. The van der Waals surface area contributed by atoms with E-state index in [1.165, 1.54) is 69.3 Å². The largest absolute Gasteiger partial charge is 0.394 e. The molecule has 1 aliphatic carbocycles. The number of benzene rings is 3. The first-order valence-corrected chi connectivity index (χ1v) is 46.5. The van der Waals surface area contributed by atoms with Crippen molar-refractivity contribution in [2.24, 2.45) is 29.2 Å². The summed E-state index contributed by atoms with van der Waals surface area (Å²) in [5, 5.41) is 41.5. The van der Waals surface area contributed by atoms with E-state index in [9.17, 15) is 57.8 Å². The molecule has 0 bridgehead atoms. The van der Waals surface area contributed by atoms with Crippen molar-refractivity contribution >= 4 is 134 Å². The Balaban J connectivity index is 1.18. The number of aromatic amines is 2. The number of nitrogens with one attached hydrogen (secondary N) is 11. The van der Waals surface area contributed by atoms with Gasteiger partial charge in [0.2, 0.25) is 76.8 Å². The fourth-order valence-corrected chi connectivity index (χ4v) is 17.7. The number of hydrogen-bond donors (Lipinski definition) is 14. The van der Waals surface area contributed by atoms with Crippen LogP contribution in [0.3, 0.4) is 0 Å². The van der Waals surface area contributed by atoms with Gasteiger partial charge in [-0.25, -0.2) is 4.98 Å². The summed E-state index contributed by atoms with van der Waals surface area (Å²) in [5.41, 5.74) is 16.0.